The number of benzene rings is 3. The van der Waals surface area contributed by atoms with Gasteiger partial charge >= 0.3 is 0 Å². The van der Waals surface area contributed by atoms with Crippen molar-refractivity contribution in [3.8, 4) is 17.2 Å². The SMILES string of the molecule is C=c1[nH]n(-c2ccc3ccccc3c2)c(=O)/c1=C\c1cc(OC)c(OC)cc1Cl. The number of hydrogen-bond acceptors (Lipinski definition) is 3. The molecule has 0 aliphatic carbocycles. The van der Waals surface area contributed by atoms with Crippen molar-refractivity contribution in [1.82, 2.24) is 9.78 Å². The number of nitrogens with zero attached hydrogens (tertiary/aromatic N) is 1. The summed E-state index contributed by atoms with van der Waals surface area (Å²) in [5.74, 6) is 1.05. The van der Waals surface area contributed by atoms with Crippen molar-refractivity contribution in [2.45, 2.75) is 0 Å². The molecule has 3 aromatic carbocycles. The molecule has 1 aromatic heterocycles. The Morgan fingerprint density at radius 3 is 2.41 bits per heavy atom. The lowest BCUT2D eigenvalue weighted by Gasteiger charge is -2.09. The summed E-state index contributed by atoms with van der Waals surface area (Å²) in [5.41, 5.74) is 1.16. The first kappa shape index (κ1) is 18.9. The van der Waals surface area contributed by atoms with Gasteiger partial charge in [-0.15, -0.1) is 0 Å². The maximum absolute atomic E-state index is 13.1. The molecular formula is C23H19ClN2O3. The molecule has 6 heteroatoms. The van der Waals surface area contributed by atoms with E-state index in [0.717, 1.165) is 16.5 Å². The predicted molar refractivity (Wildman–Crippen MR) is 117 cm³/mol. The van der Waals surface area contributed by atoms with E-state index < -0.39 is 0 Å². The normalized spacial score (nSPS) is 11.8. The summed E-state index contributed by atoms with van der Waals surface area (Å²) < 4.78 is 12.1. The Balaban J connectivity index is 1.88. The molecule has 0 radical (unpaired) electrons. The third-order valence-corrected chi connectivity index (χ3v) is 5.13. The first-order valence-electron chi connectivity index (χ1n) is 8.94. The maximum atomic E-state index is 13.1. The fourth-order valence-electron chi connectivity index (χ4n) is 3.28. The molecule has 0 unspecified atom stereocenters. The maximum Gasteiger partial charge on any atom is 0.279 e. The Labute approximate surface area is 172 Å². The van der Waals surface area contributed by atoms with E-state index in [1.54, 1.807) is 32.4 Å². The quantitative estimate of drug-likeness (QED) is 0.566. The fraction of sp³-hybridized carbons (Fsp3) is 0.0870. The Kier molecular flexibility index (Phi) is 4.91. The van der Waals surface area contributed by atoms with Crippen molar-refractivity contribution in [1.29, 1.82) is 0 Å². The Morgan fingerprint density at radius 1 is 1.00 bits per heavy atom. The Morgan fingerprint density at radius 2 is 1.69 bits per heavy atom. The number of H-pyrrole nitrogens is 1. The zero-order valence-electron chi connectivity index (χ0n) is 16.0. The van der Waals surface area contributed by atoms with Crippen LogP contribution in [0.2, 0.25) is 5.02 Å². The van der Waals surface area contributed by atoms with Crippen LogP contribution < -0.4 is 25.6 Å². The smallest absolute Gasteiger partial charge is 0.279 e. The standard InChI is InChI=1S/C23H19ClN2O3/c1-14-19(11-17-12-21(28-2)22(29-3)13-20(17)24)23(27)26(25-14)18-9-8-15-6-4-5-7-16(15)10-18/h4-13,25H,1H2,2-3H3/b19-11-. The van der Waals surface area contributed by atoms with E-state index >= 15 is 0 Å². The van der Waals surface area contributed by atoms with Gasteiger partial charge in [0, 0.05) is 6.07 Å². The number of methoxy groups -OCH3 is 2. The van der Waals surface area contributed by atoms with Gasteiger partial charge < -0.3 is 9.47 Å². The first-order valence-corrected chi connectivity index (χ1v) is 9.32. The number of ether oxygens (including phenoxy) is 2. The van der Waals surface area contributed by atoms with Gasteiger partial charge in [-0.3, -0.25) is 9.89 Å². The number of fused-ring (bicyclic) bond motifs is 1. The highest BCUT2D eigenvalue weighted by Crippen LogP contribution is 2.33. The summed E-state index contributed by atoms with van der Waals surface area (Å²) in [7, 11) is 3.09. The van der Waals surface area contributed by atoms with E-state index in [2.05, 4.69) is 11.7 Å². The minimum Gasteiger partial charge on any atom is -0.493 e. The monoisotopic (exact) mass is 406 g/mol. The third-order valence-electron chi connectivity index (χ3n) is 4.80. The summed E-state index contributed by atoms with van der Waals surface area (Å²) in [6.45, 7) is 3.99. The summed E-state index contributed by atoms with van der Waals surface area (Å²) in [5, 5.41) is 6.56. The van der Waals surface area contributed by atoms with Gasteiger partial charge in [0.25, 0.3) is 5.56 Å². The van der Waals surface area contributed by atoms with Crippen molar-refractivity contribution >= 4 is 35.0 Å². The van der Waals surface area contributed by atoms with E-state index in [9.17, 15) is 4.79 Å². The molecule has 146 valence electrons. The number of halogens is 1. The van der Waals surface area contributed by atoms with Gasteiger partial charge in [-0.05, 0) is 40.6 Å². The number of nitrogens with one attached hydrogen (secondary N) is 1. The van der Waals surface area contributed by atoms with E-state index in [1.165, 1.54) is 4.68 Å². The molecule has 5 nitrogen and oxygen atoms in total. The molecule has 4 aromatic rings. The number of rotatable bonds is 4. The van der Waals surface area contributed by atoms with Crippen LogP contribution in [-0.2, 0) is 0 Å². The lowest BCUT2D eigenvalue weighted by Crippen LogP contribution is -2.34. The first-order chi connectivity index (χ1) is 14.0. The third kappa shape index (κ3) is 3.41. The molecular weight excluding hydrogens is 388 g/mol. The highest BCUT2D eigenvalue weighted by Gasteiger charge is 2.10. The summed E-state index contributed by atoms with van der Waals surface area (Å²) in [6.07, 6.45) is 1.70. The highest BCUT2D eigenvalue weighted by molar-refractivity contribution is 6.32. The Bertz CT molecular complexity index is 1390. The number of hydrogen-bond donors (Lipinski definition) is 1. The molecule has 0 saturated carbocycles. The second-order valence-electron chi connectivity index (χ2n) is 6.55. The van der Waals surface area contributed by atoms with Crippen LogP contribution in [0.5, 0.6) is 11.5 Å². The second-order valence-corrected chi connectivity index (χ2v) is 6.96. The van der Waals surface area contributed by atoms with E-state index in [4.69, 9.17) is 21.1 Å². The van der Waals surface area contributed by atoms with Crippen molar-refractivity contribution in [3.63, 3.8) is 0 Å². The molecule has 1 N–H and O–H groups in total. The molecule has 0 spiro atoms. The fourth-order valence-corrected chi connectivity index (χ4v) is 3.49. The molecule has 0 fully saturated rings. The van der Waals surface area contributed by atoms with Crippen molar-refractivity contribution < 1.29 is 9.47 Å². The number of aromatic amines is 1. The van der Waals surface area contributed by atoms with Crippen LogP contribution in [0.25, 0.3) is 29.1 Å². The average molecular weight is 407 g/mol. The van der Waals surface area contributed by atoms with Crippen LogP contribution in [0.3, 0.4) is 0 Å². The van der Waals surface area contributed by atoms with Crippen molar-refractivity contribution in [2.24, 2.45) is 0 Å². The van der Waals surface area contributed by atoms with Gasteiger partial charge in [-0.25, -0.2) is 4.68 Å². The zero-order valence-corrected chi connectivity index (χ0v) is 16.8. The topological polar surface area (TPSA) is 56.2 Å². The van der Waals surface area contributed by atoms with Crippen molar-refractivity contribution in [2.75, 3.05) is 14.2 Å². The molecule has 0 aliphatic rings. The van der Waals surface area contributed by atoms with E-state index in [1.807, 2.05) is 42.5 Å². The second kappa shape index (κ2) is 7.53. The van der Waals surface area contributed by atoms with Crippen LogP contribution in [-0.4, -0.2) is 24.0 Å². The summed E-state index contributed by atoms with van der Waals surface area (Å²) in [6, 6.07) is 17.2. The summed E-state index contributed by atoms with van der Waals surface area (Å²) >= 11 is 6.37. The molecule has 4 rings (SSSR count). The van der Waals surface area contributed by atoms with Gasteiger partial charge in [0.05, 0.1) is 35.5 Å². The van der Waals surface area contributed by atoms with Crippen LogP contribution >= 0.6 is 11.6 Å². The average Bonchev–Trinajstić information content (AvgIpc) is 3.02. The van der Waals surface area contributed by atoms with Crippen molar-refractivity contribution in [3.05, 3.63) is 86.1 Å². The van der Waals surface area contributed by atoms with Gasteiger partial charge in [-0.2, -0.15) is 0 Å². The van der Waals surface area contributed by atoms with Gasteiger partial charge in [-0.1, -0.05) is 48.5 Å². The lowest BCUT2D eigenvalue weighted by atomic mass is 10.1. The molecule has 0 bridgehead atoms. The molecule has 0 aliphatic heterocycles. The van der Waals surface area contributed by atoms with Gasteiger partial charge in [0.15, 0.2) is 11.5 Å². The molecule has 0 saturated heterocycles. The Hall–Kier alpha value is -3.44. The predicted octanol–water partition coefficient (Wildman–Crippen LogP) is 3.23. The molecule has 29 heavy (non-hydrogen) atoms. The van der Waals surface area contributed by atoms with Crippen LogP contribution in [0.1, 0.15) is 5.56 Å². The van der Waals surface area contributed by atoms with Gasteiger partial charge in [0.1, 0.15) is 0 Å². The van der Waals surface area contributed by atoms with E-state index in [0.29, 0.717) is 32.7 Å². The van der Waals surface area contributed by atoms with Crippen LogP contribution in [0, 0.1) is 0 Å². The minimum atomic E-state index is -0.212. The number of aromatic nitrogens is 2. The van der Waals surface area contributed by atoms with Gasteiger partial charge in [0.2, 0.25) is 0 Å². The van der Waals surface area contributed by atoms with E-state index in [-0.39, 0.29) is 5.56 Å². The highest BCUT2D eigenvalue weighted by atomic mass is 35.5. The minimum absolute atomic E-state index is 0.212. The van der Waals surface area contributed by atoms with Crippen LogP contribution in [0.4, 0.5) is 0 Å². The zero-order chi connectivity index (χ0) is 20.5. The largest absolute Gasteiger partial charge is 0.493 e. The molecule has 0 amide bonds. The molecule has 1 heterocycles. The summed E-state index contributed by atoms with van der Waals surface area (Å²) in [4.78, 5) is 13.1. The lowest BCUT2D eigenvalue weighted by molar-refractivity contribution is 0.355. The van der Waals surface area contributed by atoms with Crippen LogP contribution in [0.15, 0.2) is 59.4 Å². The molecule has 0 atom stereocenters.